The highest BCUT2D eigenvalue weighted by molar-refractivity contribution is 7.98. The van der Waals surface area contributed by atoms with Crippen LogP contribution < -0.4 is 4.74 Å². The van der Waals surface area contributed by atoms with Gasteiger partial charge in [0, 0.05) is 51.2 Å². The maximum Gasteiger partial charge on any atom is 0.289 e. The van der Waals surface area contributed by atoms with E-state index in [0.717, 1.165) is 10.9 Å². The van der Waals surface area contributed by atoms with Gasteiger partial charge in [-0.05, 0) is 30.3 Å². The second-order valence-corrected chi connectivity index (χ2v) is 8.13. The van der Waals surface area contributed by atoms with Crippen LogP contribution in [0.15, 0.2) is 58.4 Å². The molecule has 1 aliphatic heterocycles. The summed E-state index contributed by atoms with van der Waals surface area (Å²) in [6.07, 6.45) is 3.64. The van der Waals surface area contributed by atoms with E-state index in [-0.39, 0.29) is 11.8 Å². The molecular formula is C22H24N4O4S. The summed E-state index contributed by atoms with van der Waals surface area (Å²) in [5, 5.41) is 0.890. The van der Waals surface area contributed by atoms with Crippen LogP contribution in [0.25, 0.3) is 0 Å². The lowest BCUT2D eigenvalue weighted by Gasteiger charge is -2.34. The molecule has 31 heavy (non-hydrogen) atoms. The Balaban J connectivity index is 1.31. The number of methoxy groups -OCH3 is 1. The van der Waals surface area contributed by atoms with Gasteiger partial charge in [0.1, 0.15) is 11.5 Å². The van der Waals surface area contributed by atoms with Crippen molar-refractivity contribution < 1.29 is 18.7 Å². The van der Waals surface area contributed by atoms with Gasteiger partial charge >= 0.3 is 0 Å². The SMILES string of the molecule is COc1cccc(C(=O)N2CCN(C(=O)c3ccc(CSc4nccn4C)o3)CC2)c1. The van der Waals surface area contributed by atoms with Gasteiger partial charge in [-0.15, -0.1) is 0 Å². The summed E-state index contributed by atoms with van der Waals surface area (Å²) < 4.78 is 12.9. The Bertz CT molecular complexity index is 1070. The lowest BCUT2D eigenvalue weighted by atomic mass is 10.1. The van der Waals surface area contributed by atoms with Gasteiger partial charge in [-0.2, -0.15) is 0 Å². The standard InChI is InChI=1S/C22H24N4O4S/c1-24-9-8-23-22(24)31-15-18-6-7-19(30-18)21(28)26-12-10-25(11-13-26)20(27)16-4-3-5-17(14-16)29-2/h3-9,14H,10-13,15H2,1-2H3. The third-order valence-electron chi connectivity index (χ3n) is 5.16. The van der Waals surface area contributed by atoms with E-state index in [0.29, 0.717) is 49.0 Å². The molecule has 0 atom stereocenters. The average Bonchev–Trinajstić information content (AvgIpc) is 3.45. The second kappa shape index (κ2) is 9.30. The van der Waals surface area contributed by atoms with Crippen molar-refractivity contribution in [3.05, 3.63) is 65.9 Å². The van der Waals surface area contributed by atoms with Crippen molar-refractivity contribution in [3.63, 3.8) is 0 Å². The number of piperazine rings is 1. The van der Waals surface area contributed by atoms with E-state index >= 15 is 0 Å². The molecule has 9 heteroatoms. The summed E-state index contributed by atoms with van der Waals surface area (Å²) >= 11 is 1.55. The van der Waals surface area contributed by atoms with Crippen LogP contribution in [0.3, 0.4) is 0 Å². The molecule has 2 aromatic heterocycles. The maximum absolute atomic E-state index is 12.8. The minimum absolute atomic E-state index is 0.0578. The van der Waals surface area contributed by atoms with Gasteiger partial charge < -0.3 is 23.5 Å². The number of ether oxygens (including phenoxy) is 1. The van der Waals surface area contributed by atoms with Crippen molar-refractivity contribution in [1.29, 1.82) is 0 Å². The van der Waals surface area contributed by atoms with Crippen molar-refractivity contribution in [1.82, 2.24) is 19.4 Å². The molecule has 4 rings (SSSR count). The summed E-state index contributed by atoms with van der Waals surface area (Å²) in [7, 11) is 3.51. The Hall–Kier alpha value is -3.20. The fraction of sp³-hybridized carbons (Fsp3) is 0.318. The lowest BCUT2D eigenvalue weighted by Crippen LogP contribution is -2.50. The Labute approximate surface area is 184 Å². The van der Waals surface area contributed by atoms with Crippen LogP contribution in [0.4, 0.5) is 0 Å². The molecule has 2 amide bonds. The minimum atomic E-state index is -0.151. The molecule has 3 heterocycles. The quantitative estimate of drug-likeness (QED) is 0.549. The van der Waals surface area contributed by atoms with Gasteiger partial charge in [-0.25, -0.2) is 4.98 Å². The molecule has 0 N–H and O–H groups in total. The van der Waals surface area contributed by atoms with Crippen molar-refractivity contribution in [2.24, 2.45) is 7.05 Å². The lowest BCUT2D eigenvalue weighted by molar-refractivity contribution is 0.0517. The first-order valence-electron chi connectivity index (χ1n) is 9.96. The molecular weight excluding hydrogens is 416 g/mol. The van der Waals surface area contributed by atoms with Crippen LogP contribution in [0.2, 0.25) is 0 Å². The van der Waals surface area contributed by atoms with Crippen LogP contribution >= 0.6 is 11.8 Å². The highest BCUT2D eigenvalue weighted by Gasteiger charge is 2.27. The largest absolute Gasteiger partial charge is 0.497 e. The van der Waals surface area contributed by atoms with Crippen LogP contribution in [0.1, 0.15) is 26.7 Å². The summed E-state index contributed by atoms with van der Waals surface area (Å²) in [4.78, 5) is 33.3. The third-order valence-corrected chi connectivity index (χ3v) is 6.24. The van der Waals surface area contributed by atoms with E-state index in [1.807, 2.05) is 23.9 Å². The molecule has 162 valence electrons. The molecule has 1 aromatic carbocycles. The number of imidazole rings is 1. The molecule has 0 bridgehead atoms. The fourth-order valence-electron chi connectivity index (χ4n) is 3.40. The van der Waals surface area contributed by atoms with E-state index in [9.17, 15) is 9.59 Å². The van der Waals surface area contributed by atoms with E-state index in [1.54, 1.807) is 65.2 Å². The Morgan fingerprint density at radius 2 is 1.84 bits per heavy atom. The van der Waals surface area contributed by atoms with E-state index in [2.05, 4.69) is 4.98 Å². The highest BCUT2D eigenvalue weighted by Crippen LogP contribution is 2.23. The zero-order chi connectivity index (χ0) is 21.8. The molecule has 8 nitrogen and oxygen atoms in total. The van der Waals surface area contributed by atoms with Crippen molar-refractivity contribution in [2.75, 3.05) is 33.3 Å². The number of rotatable bonds is 6. The number of hydrogen-bond acceptors (Lipinski definition) is 6. The topological polar surface area (TPSA) is 80.8 Å². The van der Waals surface area contributed by atoms with Crippen LogP contribution in [0.5, 0.6) is 5.75 Å². The molecule has 0 aliphatic carbocycles. The van der Waals surface area contributed by atoms with Gasteiger partial charge in [-0.3, -0.25) is 9.59 Å². The zero-order valence-corrected chi connectivity index (χ0v) is 18.3. The molecule has 0 spiro atoms. The third kappa shape index (κ3) is 4.77. The predicted molar refractivity (Wildman–Crippen MR) is 116 cm³/mol. The molecule has 1 saturated heterocycles. The number of aromatic nitrogens is 2. The van der Waals surface area contributed by atoms with Gasteiger partial charge in [0.2, 0.25) is 0 Å². The van der Waals surface area contributed by atoms with Gasteiger partial charge in [-0.1, -0.05) is 17.8 Å². The van der Waals surface area contributed by atoms with E-state index in [1.165, 1.54) is 0 Å². The number of thioether (sulfide) groups is 1. The van der Waals surface area contributed by atoms with E-state index in [4.69, 9.17) is 9.15 Å². The molecule has 3 aromatic rings. The summed E-state index contributed by atoms with van der Waals surface area (Å²) in [6.45, 7) is 1.88. The molecule has 1 aliphatic rings. The Morgan fingerprint density at radius 1 is 1.10 bits per heavy atom. The summed E-state index contributed by atoms with van der Waals surface area (Å²) in [5.74, 6) is 2.08. The number of nitrogens with zero attached hydrogens (tertiary/aromatic N) is 4. The minimum Gasteiger partial charge on any atom is -0.497 e. The van der Waals surface area contributed by atoms with Gasteiger partial charge in [0.05, 0.1) is 12.9 Å². The highest BCUT2D eigenvalue weighted by atomic mass is 32.2. The zero-order valence-electron chi connectivity index (χ0n) is 17.5. The summed E-state index contributed by atoms with van der Waals surface area (Å²) in [6, 6.07) is 10.6. The number of carbonyl (C=O) groups is 2. The maximum atomic E-state index is 12.8. The second-order valence-electron chi connectivity index (χ2n) is 7.19. The molecule has 0 saturated carbocycles. The Kier molecular flexibility index (Phi) is 6.31. The van der Waals surface area contributed by atoms with Crippen molar-refractivity contribution in [3.8, 4) is 5.75 Å². The smallest absolute Gasteiger partial charge is 0.289 e. The van der Waals surface area contributed by atoms with E-state index < -0.39 is 0 Å². The van der Waals surface area contributed by atoms with Crippen molar-refractivity contribution >= 4 is 23.6 Å². The first kappa shape index (κ1) is 21.0. The van der Waals surface area contributed by atoms with Crippen molar-refractivity contribution in [2.45, 2.75) is 10.9 Å². The Morgan fingerprint density at radius 3 is 2.52 bits per heavy atom. The number of carbonyl (C=O) groups excluding carboxylic acids is 2. The number of aryl methyl sites for hydroxylation is 1. The van der Waals surface area contributed by atoms with Gasteiger partial charge in [0.15, 0.2) is 10.9 Å². The molecule has 0 unspecified atom stereocenters. The van der Waals surface area contributed by atoms with Crippen LogP contribution in [-0.4, -0.2) is 64.5 Å². The number of hydrogen-bond donors (Lipinski definition) is 0. The number of furan rings is 1. The first-order valence-corrected chi connectivity index (χ1v) is 10.9. The summed E-state index contributed by atoms with van der Waals surface area (Å²) in [5.41, 5.74) is 0.583. The molecule has 0 radical (unpaired) electrons. The van der Waals surface area contributed by atoms with Crippen LogP contribution in [-0.2, 0) is 12.8 Å². The predicted octanol–water partition coefficient (Wildman–Crippen LogP) is 2.91. The van der Waals surface area contributed by atoms with Gasteiger partial charge in [0.25, 0.3) is 11.8 Å². The monoisotopic (exact) mass is 440 g/mol. The van der Waals surface area contributed by atoms with Crippen LogP contribution in [0, 0.1) is 0 Å². The molecule has 1 fully saturated rings. The average molecular weight is 441 g/mol. The first-order chi connectivity index (χ1) is 15.0. The number of amides is 2. The number of benzene rings is 1. The fourth-order valence-corrected chi connectivity index (χ4v) is 4.23. The normalized spacial score (nSPS) is 14.0.